The predicted octanol–water partition coefficient (Wildman–Crippen LogP) is 12.0. The van der Waals surface area contributed by atoms with Gasteiger partial charge in [-0.05, 0) is 49.5 Å². The summed E-state index contributed by atoms with van der Waals surface area (Å²) in [6, 6.07) is 16.1. The molecule has 7 heteroatoms. The lowest BCUT2D eigenvalue weighted by Crippen LogP contribution is -2.06. The summed E-state index contributed by atoms with van der Waals surface area (Å²) in [4.78, 5) is 34.3. The SMILES string of the molecule is CCCCCCOC(=O)C=Cc1ccccc1.CCCCCCOC(=O)c1ccccc1O.O=C1CCCCCCCCCCCCCCCO1. The van der Waals surface area contributed by atoms with Gasteiger partial charge in [-0.15, -0.1) is 0 Å². The summed E-state index contributed by atoms with van der Waals surface area (Å²) in [5.74, 6) is -0.722. The summed E-state index contributed by atoms with van der Waals surface area (Å²) in [6.07, 6.45) is 29.4. The van der Waals surface area contributed by atoms with Gasteiger partial charge in [0.05, 0.1) is 19.8 Å². The number of carbonyl (C=O) groups excluding carboxylic acids is 3. The summed E-state index contributed by atoms with van der Waals surface area (Å²) >= 11 is 0. The first-order chi connectivity index (χ1) is 25.0. The van der Waals surface area contributed by atoms with E-state index in [0.717, 1.165) is 56.9 Å². The first kappa shape index (κ1) is 45.4. The number of phenolic OH excluding ortho intramolecular Hbond substituents is 1. The molecule has 0 aliphatic carbocycles. The van der Waals surface area contributed by atoms with Crippen LogP contribution in [0.2, 0.25) is 0 Å². The Morgan fingerprint density at radius 1 is 0.647 bits per heavy atom. The number of hydrogen-bond donors (Lipinski definition) is 1. The summed E-state index contributed by atoms with van der Waals surface area (Å²) in [5, 5.41) is 9.42. The third-order valence-corrected chi connectivity index (χ3v) is 8.60. The highest BCUT2D eigenvalue weighted by Crippen LogP contribution is 2.17. The van der Waals surface area contributed by atoms with Crippen LogP contribution in [0.4, 0.5) is 0 Å². The highest BCUT2D eigenvalue weighted by Gasteiger charge is 2.11. The van der Waals surface area contributed by atoms with Gasteiger partial charge in [0.25, 0.3) is 0 Å². The zero-order valence-electron chi connectivity index (χ0n) is 31.9. The van der Waals surface area contributed by atoms with Crippen molar-refractivity contribution in [3.63, 3.8) is 0 Å². The number of phenols is 1. The molecule has 0 bridgehead atoms. The Balaban J connectivity index is 0.000000383. The van der Waals surface area contributed by atoms with Crippen LogP contribution in [0.15, 0.2) is 60.7 Å². The van der Waals surface area contributed by atoms with Crippen molar-refractivity contribution in [3.05, 3.63) is 71.8 Å². The summed E-state index contributed by atoms with van der Waals surface area (Å²) in [6.45, 7) is 5.88. The molecule has 0 unspecified atom stereocenters. The van der Waals surface area contributed by atoms with Crippen molar-refractivity contribution in [2.24, 2.45) is 0 Å². The van der Waals surface area contributed by atoms with Gasteiger partial charge in [0.2, 0.25) is 0 Å². The lowest BCUT2D eigenvalue weighted by molar-refractivity contribution is -0.144. The molecule has 2 aromatic carbocycles. The molecule has 1 heterocycles. The molecular formula is C44H68O7. The van der Waals surface area contributed by atoms with Gasteiger partial charge in [0.15, 0.2) is 0 Å². The molecule has 1 saturated heterocycles. The minimum Gasteiger partial charge on any atom is -0.507 e. The number of hydrogen-bond acceptors (Lipinski definition) is 7. The van der Waals surface area contributed by atoms with Crippen molar-refractivity contribution in [1.82, 2.24) is 0 Å². The molecule has 51 heavy (non-hydrogen) atoms. The molecule has 1 N–H and O–H groups in total. The van der Waals surface area contributed by atoms with Crippen LogP contribution in [0.5, 0.6) is 5.75 Å². The Morgan fingerprint density at radius 2 is 1.16 bits per heavy atom. The number of cyclic esters (lactones) is 1. The fourth-order valence-electron chi connectivity index (χ4n) is 5.47. The smallest absolute Gasteiger partial charge is 0.341 e. The minimum atomic E-state index is -0.449. The van der Waals surface area contributed by atoms with E-state index in [9.17, 15) is 19.5 Å². The van der Waals surface area contributed by atoms with Crippen LogP contribution < -0.4 is 0 Å². The number of para-hydroxylation sites is 1. The Labute approximate surface area is 309 Å². The summed E-state index contributed by atoms with van der Waals surface area (Å²) in [5.41, 5.74) is 1.24. The Bertz CT molecular complexity index is 1140. The van der Waals surface area contributed by atoms with E-state index in [2.05, 4.69) is 13.8 Å². The van der Waals surface area contributed by atoms with E-state index in [1.54, 1.807) is 24.3 Å². The van der Waals surface area contributed by atoms with Crippen LogP contribution in [0.3, 0.4) is 0 Å². The maximum atomic E-state index is 11.5. The van der Waals surface area contributed by atoms with Gasteiger partial charge in [-0.2, -0.15) is 0 Å². The number of aromatic hydroxyl groups is 1. The van der Waals surface area contributed by atoms with E-state index in [1.165, 1.54) is 95.6 Å². The number of unbranched alkanes of at least 4 members (excludes halogenated alkanes) is 6. The number of benzene rings is 2. The van der Waals surface area contributed by atoms with Crippen LogP contribution >= 0.6 is 0 Å². The van der Waals surface area contributed by atoms with E-state index in [-0.39, 0.29) is 23.3 Å². The molecule has 7 nitrogen and oxygen atoms in total. The van der Waals surface area contributed by atoms with Crippen LogP contribution in [0.25, 0.3) is 6.08 Å². The second kappa shape index (κ2) is 33.5. The zero-order valence-corrected chi connectivity index (χ0v) is 31.9. The van der Waals surface area contributed by atoms with E-state index < -0.39 is 5.97 Å². The standard InChI is InChI=1S/C16H30O2.C15H20O2.C13H18O3/c17-16-14-12-10-8-6-4-2-1-3-5-7-9-11-13-15-18-16;1-2-3-4-8-13-17-15(16)12-11-14-9-6-5-7-10-14;1-2-3-4-7-10-16-13(15)11-8-5-6-9-12(11)14/h1-15H2;5-7,9-12H,2-4,8,13H2,1H3;5-6,8-9,14H,2-4,7,10H2,1H3. The number of carbonyl (C=O) groups is 3. The van der Waals surface area contributed by atoms with Crippen molar-refractivity contribution >= 4 is 24.0 Å². The minimum absolute atomic E-state index is 0.0133. The fourth-order valence-corrected chi connectivity index (χ4v) is 5.47. The lowest BCUT2D eigenvalue weighted by Gasteiger charge is -2.05. The number of esters is 3. The molecular weight excluding hydrogens is 640 g/mol. The van der Waals surface area contributed by atoms with Gasteiger partial charge < -0.3 is 19.3 Å². The third-order valence-electron chi connectivity index (χ3n) is 8.60. The first-order valence-corrected chi connectivity index (χ1v) is 20.0. The zero-order chi connectivity index (χ0) is 37.0. The number of rotatable bonds is 13. The van der Waals surface area contributed by atoms with Crippen LogP contribution in [-0.4, -0.2) is 42.8 Å². The molecule has 3 rings (SSSR count). The molecule has 286 valence electrons. The first-order valence-electron chi connectivity index (χ1n) is 20.0. The molecule has 1 fully saturated rings. The maximum absolute atomic E-state index is 11.5. The van der Waals surface area contributed by atoms with Crippen LogP contribution in [-0.2, 0) is 23.8 Å². The molecule has 1 aliphatic heterocycles. The average Bonchev–Trinajstić information content (AvgIpc) is 3.15. The van der Waals surface area contributed by atoms with Crippen LogP contribution in [0.1, 0.15) is 171 Å². The van der Waals surface area contributed by atoms with E-state index in [1.807, 2.05) is 30.3 Å². The second-order valence-corrected chi connectivity index (χ2v) is 13.3. The molecule has 0 spiro atoms. The molecule has 0 atom stereocenters. The third kappa shape index (κ3) is 27.8. The van der Waals surface area contributed by atoms with Gasteiger partial charge in [0.1, 0.15) is 11.3 Å². The molecule has 0 amide bonds. The van der Waals surface area contributed by atoms with E-state index >= 15 is 0 Å². The van der Waals surface area contributed by atoms with Gasteiger partial charge in [0, 0.05) is 12.5 Å². The summed E-state index contributed by atoms with van der Waals surface area (Å²) in [7, 11) is 0. The molecule has 1 aliphatic rings. The Hall–Kier alpha value is -3.61. The maximum Gasteiger partial charge on any atom is 0.341 e. The Kier molecular flexibility index (Phi) is 29.9. The highest BCUT2D eigenvalue weighted by atomic mass is 16.5. The molecule has 0 saturated carbocycles. The summed E-state index contributed by atoms with van der Waals surface area (Å²) < 4.78 is 15.4. The Morgan fingerprint density at radius 3 is 1.73 bits per heavy atom. The molecule has 0 radical (unpaired) electrons. The quantitative estimate of drug-likeness (QED) is 0.0957. The normalized spacial score (nSPS) is 14.8. The molecule has 0 aromatic heterocycles. The van der Waals surface area contributed by atoms with Crippen molar-refractivity contribution in [3.8, 4) is 5.75 Å². The number of ether oxygens (including phenoxy) is 3. The van der Waals surface area contributed by atoms with Crippen molar-refractivity contribution < 1.29 is 33.7 Å². The molecule has 2 aromatic rings. The van der Waals surface area contributed by atoms with Gasteiger partial charge >= 0.3 is 17.9 Å². The monoisotopic (exact) mass is 708 g/mol. The lowest BCUT2D eigenvalue weighted by atomic mass is 10.0. The van der Waals surface area contributed by atoms with Gasteiger partial charge in [-0.1, -0.05) is 165 Å². The van der Waals surface area contributed by atoms with Crippen molar-refractivity contribution in [1.29, 1.82) is 0 Å². The van der Waals surface area contributed by atoms with Gasteiger partial charge in [-0.25, -0.2) is 9.59 Å². The van der Waals surface area contributed by atoms with Gasteiger partial charge in [-0.3, -0.25) is 4.79 Å². The average molecular weight is 709 g/mol. The topological polar surface area (TPSA) is 99.1 Å². The second-order valence-electron chi connectivity index (χ2n) is 13.3. The largest absolute Gasteiger partial charge is 0.507 e. The highest BCUT2D eigenvalue weighted by molar-refractivity contribution is 5.92. The predicted molar refractivity (Wildman–Crippen MR) is 209 cm³/mol. The van der Waals surface area contributed by atoms with Crippen molar-refractivity contribution in [2.75, 3.05) is 19.8 Å². The van der Waals surface area contributed by atoms with E-state index in [0.29, 0.717) is 26.2 Å². The van der Waals surface area contributed by atoms with Crippen molar-refractivity contribution in [2.45, 2.75) is 155 Å². The van der Waals surface area contributed by atoms with Crippen LogP contribution in [0, 0.1) is 0 Å². The van der Waals surface area contributed by atoms with E-state index in [4.69, 9.17) is 14.2 Å². The fraction of sp³-hybridized carbons (Fsp3) is 0.614.